The van der Waals surface area contributed by atoms with Crippen molar-refractivity contribution in [2.75, 3.05) is 6.54 Å². The lowest BCUT2D eigenvalue weighted by molar-refractivity contribution is 0.0985. The molecule has 0 amide bonds. The Kier molecular flexibility index (Phi) is 4.16. The van der Waals surface area contributed by atoms with Crippen molar-refractivity contribution in [2.24, 2.45) is 5.11 Å². The van der Waals surface area contributed by atoms with Gasteiger partial charge in [-0.3, -0.25) is 4.79 Å². The summed E-state index contributed by atoms with van der Waals surface area (Å²) in [6.07, 6.45) is 0.227. The number of carbonyl (C=O) groups is 1. The molecule has 0 unspecified atom stereocenters. The zero-order valence-corrected chi connectivity index (χ0v) is 9.03. The van der Waals surface area contributed by atoms with E-state index in [1.54, 1.807) is 18.2 Å². The minimum absolute atomic E-state index is 0.0397. The lowest BCUT2D eigenvalue weighted by Gasteiger charge is -2.01. The van der Waals surface area contributed by atoms with Crippen LogP contribution in [0.1, 0.15) is 22.3 Å². The SMILES string of the molecule is Cc1cc(C(=O)CCN=[N+]=[N-])ccc1Cl. The van der Waals surface area contributed by atoms with Gasteiger partial charge in [0, 0.05) is 28.5 Å². The molecule has 0 spiro atoms. The van der Waals surface area contributed by atoms with Gasteiger partial charge in [-0.1, -0.05) is 16.7 Å². The van der Waals surface area contributed by atoms with Crippen LogP contribution in [0.25, 0.3) is 10.4 Å². The third-order valence-corrected chi connectivity index (χ3v) is 2.41. The predicted molar refractivity (Wildman–Crippen MR) is 59.1 cm³/mol. The van der Waals surface area contributed by atoms with Crippen molar-refractivity contribution in [1.82, 2.24) is 0 Å². The van der Waals surface area contributed by atoms with Gasteiger partial charge in [-0.25, -0.2) is 0 Å². The summed E-state index contributed by atoms with van der Waals surface area (Å²) in [5.74, 6) is -0.0397. The zero-order chi connectivity index (χ0) is 11.3. The minimum Gasteiger partial charge on any atom is -0.294 e. The van der Waals surface area contributed by atoms with Crippen molar-refractivity contribution in [1.29, 1.82) is 0 Å². The van der Waals surface area contributed by atoms with Gasteiger partial charge in [0.05, 0.1) is 0 Å². The van der Waals surface area contributed by atoms with E-state index in [0.717, 1.165) is 5.56 Å². The molecule has 0 atom stereocenters. The van der Waals surface area contributed by atoms with E-state index in [1.807, 2.05) is 6.92 Å². The molecule has 0 aliphatic carbocycles. The van der Waals surface area contributed by atoms with Gasteiger partial charge in [0.1, 0.15) is 0 Å². The normalized spacial score (nSPS) is 9.47. The Balaban J connectivity index is 2.74. The largest absolute Gasteiger partial charge is 0.294 e. The fourth-order valence-corrected chi connectivity index (χ4v) is 1.28. The van der Waals surface area contributed by atoms with E-state index < -0.39 is 0 Å². The summed E-state index contributed by atoms with van der Waals surface area (Å²) in [7, 11) is 0. The average molecular weight is 224 g/mol. The van der Waals surface area contributed by atoms with Crippen molar-refractivity contribution in [3.05, 3.63) is 44.8 Å². The molecule has 1 rings (SSSR count). The van der Waals surface area contributed by atoms with E-state index in [4.69, 9.17) is 17.1 Å². The topological polar surface area (TPSA) is 65.8 Å². The number of azide groups is 1. The van der Waals surface area contributed by atoms with Crippen LogP contribution in [0.4, 0.5) is 0 Å². The number of carbonyl (C=O) groups excluding carboxylic acids is 1. The van der Waals surface area contributed by atoms with Gasteiger partial charge < -0.3 is 0 Å². The maximum atomic E-state index is 11.6. The summed E-state index contributed by atoms with van der Waals surface area (Å²) in [5.41, 5.74) is 9.53. The average Bonchev–Trinajstić information content (AvgIpc) is 2.22. The number of ketones is 1. The minimum atomic E-state index is -0.0397. The summed E-state index contributed by atoms with van der Waals surface area (Å²) in [6.45, 7) is 2.03. The first-order valence-electron chi connectivity index (χ1n) is 4.45. The van der Waals surface area contributed by atoms with Crippen molar-refractivity contribution in [3.63, 3.8) is 0 Å². The highest BCUT2D eigenvalue weighted by molar-refractivity contribution is 6.31. The van der Waals surface area contributed by atoms with E-state index in [0.29, 0.717) is 10.6 Å². The van der Waals surface area contributed by atoms with Gasteiger partial charge in [0.25, 0.3) is 0 Å². The number of rotatable bonds is 4. The van der Waals surface area contributed by atoms with Crippen LogP contribution < -0.4 is 0 Å². The predicted octanol–water partition coefficient (Wildman–Crippen LogP) is 3.53. The van der Waals surface area contributed by atoms with Gasteiger partial charge in [-0.15, -0.1) is 0 Å². The van der Waals surface area contributed by atoms with Crippen molar-refractivity contribution in [3.8, 4) is 0 Å². The molecule has 5 heteroatoms. The Morgan fingerprint density at radius 2 is 2.33 bits per heavy atom. The second kappa shape index (κ2) is 5.39. The van der Waals surface area contributed by atoms with Crippen LogP contribution in [0.5, 0.6) is 0 Å². The van der Waals surface area contributed by atoms with Crippen LogP contribution in [-0.4, -0.2) is 12.3 Å². The van der Waals surface area contributed by atoms with Gasteiger partial charge in [-0.05, 0) is 36.2 Å². The van der Waals surface area contributed by atoms with Crippen molar-refractivity contribution in [2.45, 2.75) is 13.3 Å². The Labute approximate surface area is 92.5 Å². The van der Waals surface area contributed by atoms with Crippen LogP contribution in [0.2, 0.25) is 5.02 Å². The third-order valence-electron chi connectivity index (χ3n) is 1.98. The molecule has 0 saturated carbocycles. The van der Waals surface area contributed by atoms with Crippen LogP contribution in [0.15, 0.2) is 23.3 Å². The monoisotopic (exact) mass is 223 g/mol. The number of hydrogen-bond donors (Lipinski definition) is 0. The van der Waals surface area contributed by atoms with E-state index in [-0.39, 0.29) is 18.7 Å². The lowest BCUT2D eigenvalue weighted by Crippen LogP contribution is -2.01. The molecule has 0 aliphatic rings. The van der Waals surface area contributed by atoms with E-state index in [1.165, 1.54) is 0 Å². The van der Waals surface area contributed by atoms with E-state index in [2.05, 4.69) is 10.0 Å². The summed E-state index contributed by atoms with van der Waals surface area (Å²) < 4.78 is 0. The van der Waals surface area contributed by atoms with Gasteiger partial charge >= 0.3 is 0 Å². The van der Waals surface area contributed by atoms with E-state index >= 15 is 0 Å². The number of benzene rings is 1. The molecule has 4 nitrogen and oxygen atoms in total. The molecule has 0 aromatic heterocycles. The molecule has 0 N–H and O–H groups in total. The first kappa shape index (κ1) is 11.6. The first-order valence-corrected chi connectivity index (χ1v) is 4.83. The highest BCUT2D eigenvalue weighted by Crippen LogP contribution is 2.17. The third kappa shape index (κ3) is 3.27. The van der Waals surface area contributed by atoms with Gasteiger partial charge in [-0.2, -0.15) is 0 Å². The lowest BCUT2D eigenvalue weighted by atomic mass is 10.1. The Bertz CT molecular complexity index is 425. The van der Waals surface area contributed by atoms with Gasteiger partial charge in [0.2, 0.25) is 0 Å². The molecule has 0 heterocycles. The molecule has 1 aromatic rings. The molecule has 1 aromatic carbocycles. The summed E-state index contributed by atoms with van der Waals surface area (Å²) in [4.78, 5) is 14.1. The number of aryl methyl sites for hydroxylation is 1. The maximum Gasteiger partial charge on any atom is 0.163 e. The number of nitrogens with zero attached hydrogens (tertiary/aromatic N) is 3. The molecule has 0 saturated heterocycles. The van der Waals surface area contributed by atoms with Crippen molar-refractivity contribution >= 4 is 17.4 Å². The number of halogens is 1. The summed E-state index contributed by atoms with van der Waals surface area (Å²) in [6, 6.07) is 5.10. The van der Waals surface area contributed by atoms with Crippen LogP contribution in [0, 0.1) is 6.92 Å². The standard InChI is InChI=1S/C10H10ClN3O/c1-7-6-8(2-3-9(7)11)10(15)4-5-13-14-12/h2-3,6H,4-5H2,1H3. The Hall–Kier alpha value is -1.51. The Morgan fingerprint density at radius 1 is 1.60 bits per heavy atom. The second-order valence-electron chi connectivity index (χ2n) is 3.09. The molecule has 78 valence electrons. The molecule has 15 heavy (non-hydrogen) atoms. The summed E-state index contributed by atoms with van der Waals surface area (Å²) >= 11 is 5.83. The highest BCUT2D eigenvalue weighted by Gasteiger charge is 2.06. The molecule has 0 bridgehead atoms. The molecular formula is C10H10ClN3O. The van der Waals surface area contributed by atoms with Crippen LogP contribution >= 0.6 is 11.6 Å². The fourth-order valence-electron chi connectivity index (χ4n) is 1.16. The van der Waals surface area contributed by atoms with Crippen LogP contribution in [-0.2, 0) is 0 Å². The van der Waals surface area contributed by atoms with Crippen molar-refractivity contribution < 1.29 is 4.79 Å². The number of hydrogen-bond acceptors (Lipinski definition) is 2. The molecule has 0 fully saturated rings. The Morgan fingerprint density at radius 3 is 2.93 bits per heavy atom. The summed E-state index contributed by atoms with van der Waals surface area (Å²) in [5, 5.41) is 3.95. The zero-order valence-electron chi connectivity index (χ0n) is 8.27. The van der Waals surface area contributed by atoms with Gasteiger partial charge in [0.15, 0.2) is 5.78 Å². The fraction of sp³-hybridized carbons (Fsp3) is 0.300. The number of Topliss-reactive ketones (excluding diaryl/α,β-unsaturated/α-hetero) is 1. The highest BCUT2D eigenvalue weighted by atomic mass is 35.5. The maximum absolute atomic E-state index is 11.6. The second-order valence-corrected chi connectivity index (χ2v) is 3.50. The molecule has 0 radical (unpaired) electrons. The quantitative estimate of drug-likeness (QED) is 0.333. The van der Waals surface area contributed by atoms with E-state index in [9.17, 15) is 4.79 Å². The molecule has 0 aliphatic heterocycles. The smallest absolute Gasteiger partial charge is 0.163 e. The molecular weight excluding hydrogens is 214 g/mol. The van der Waals surface area contributed by atoms with Crippen LogP contribution in [0.3, 0.4) is 0 Å². The first-order chi connectivity index (χ1) is 7.15.